The van der Waals surface area contributed by atoms with E-state index in [0.717, 1.165) is 22.8 Å². The number of hydrogen-bond donors (Lipinski definition) is 2. The van der Waals surface area contributed by atoms with E-state index < -0.39 is 27.7 Å². The Balaban J connectivity index is 1.89. The minimum atomic E-state index is -4.43. The highest BCUT2D eigenvalue weighted by molar-refractivity contribution is 7.85. The molecule has 0 fully saturated rings. The van der Waals surface area contributed by atoms with Gasteiger partial charge in [-0.1, -0.05) is 12.1 Å². The van der Waals surface area contributed by atoms with Gasteiger partial charge in [-0.3, -0.25) is 9.35 Å². The summed E-state index contributed by atoms with van der Waals surface area (Å²) in [6.45, 7) is 0.885. The Hall–Kier alpha value is -4.52. The smallest absolute Gasteiger partial charge is 0.357 e. The molecule has 1 aliphatic heterocycles. The number of hydrazone groups is 1. The number of anilines is 2. The van der Waals surface area contributed by atoms with Crippen molar-refractivity contribution >= 4 is 45.2 Å². The molecule has 0 unspecified atom stereocenters. The summed E-state index contributed by atoms with van der Waals surface area (Å²) in [5, 5.41) is 32.0. The van der Waals surface area contributed by atoms with Crippen molar-refractivity contribution in [2.75, 3.05) is 23.0 Å². The maximum Gasteiger partial charge on any atom is 0.357 e. The van der Waals surface area contributed by atoms with Gasteiger partial charge in [0.05, 0.1) is 41.1 Å². The molecule has 178 valence electrons. The summed E-state index contributed by atoms with van der Waals surface area (Å²) in [6, 6.07) is 15.5. The van der Waals surface area contributed by atoms with E-state index in [9.17, 15) is 23.1 Å². The van der Waals surface area contributed by atoms with Gasteiger partial charge in [0.2, 0.25) is 0 Å². The van der Waals surface area contributed by atoms with Crippen LogP contribution >= 0.6 is 0 Å². The average Bonchev–Trinajstić information content (AvgIpc) is 3.15. The second-order valence-electron chi connectivity index (χ2n) is 7.29. The highest BCUT2D eigenvalue weighted by Crippen LogP contribution is 2.27. The second-order valence-corrected chi connectivity index (χ2v) is 8.71. The summed E-state index contributed by atoms with van der Waals surface area (Å²) in [5.74, 6) is -2.15. The predicted octanol–water partition coefficient (Wildman–Crippen LogP) is 2.44. The Labute approximate surface area is 201 Å². The summed E-state index contributed by atoms with van der Waals surface area (Å²) >= 11 is 0. The largest absolute Gasteiger partial charge is 0.476 e. The Morgan fingerprint density at radius 2 is 1.60 bits per heavy atom. The highest BCUT2D eigenvalue weighted by atomic mass is 32.2. The number of nitriles is 2. The lowest BCUT2D eigenvalue weighted by molar-refractivity contribution is -0.129. The number of carboxylic acids is 1. The molecule has 2 aromatic carbocycles. The molecular formula is C23H19N5O6S. The van der Waals surface area contributed by atoms with Crippen molar-refractivity contribution in [2.45, 2.75) is 17.7 Å². The number of carbonyl (C=O) groups excluding carboxylic acids is 1. The molecule has 0 saturated heterocycles. The molecule has 3 rings (SSSR count). The average molecular weight is 494 g/mol. The van der Waals surface area contributed by atoms with Crippen LogP contribution in [0.1, 0.15) is 18.4 Å². The Kier molecular flexibility index (Phi) is 7.61. The fraction of sp³-hybridized carbons (Fsp3) is 0.174. The standard InChI is InChI=1S/C23H19N5O6S/c24-11-1-13-27(14-2-12-25)17-5-3-16(4-6-17)15-20-21(23(30)31)26-28(22(20)29)18-7-9-19(10-8-18)35(32,33)34/h3-10,15H,1-2,13-14H2,(H,30,31)(H,32,33,34)/b20-15-. The fourth-order valence-electron chi connectivity index (χ4n) is 3.32. The summed E-state index contributed by atoms with van der Waals surface area (Å²) in [6.07, 6.45) is 1.94. The minimum Gasteiger partial charge on any atom is -0.476 e. The van der Waals surface area contributed by atoms with E-state index in [1.165, 1.54) is 18.2 Å². The molecule has 0 aromatic heterocycles. The Morgan fingerprint density at radius 1 is 1.03 bits per heavy atom. The van der Waals surface area contributed by atoms with Crippen molar-refractivity contribution in [3.05, 3.63) is 59.7 Å². The first-order valence-electron chi connectivity index (χ1n) is 10.2. The van der Waals surface area contributed by atoms with Gasteiger partial charge in [0.15, 0.2) is 5.71 Å². The highest BCUT2D eigenvalue weighted by Gasteiger charge is 2.35. The van der Waals surface area contributed by atoms with Crippen molar-refractivity contribution in [3.8, 4) is 12.1 Å². The number of aliphatic carboxylic acids is 1. The first kappa shape index (κ1) is 25.1. The lowest BCUT2D eigenvalue weighted by Crippen LogP contribution is -2.25. The molecule has 12 heteroatoms. The Bertz CT molecular complexity index is 1370. The van der Waals surface area contributed by atoms with Crippen molar-refractivity contribution in [1.82, 2.24) is 0 Å². The van der Waals surface area contributed by atoms with E-state index in [0.29, 0.717) is 18.7 Å². The van der Waals surface area contributed by atoms with Gasteiger partial charge >= 0.3 is 5.97 Å². The van der Waals surface area contributed by atoms with Crippen LogP contribution in [0.3, 0.4) is 0 Å². The van der Waals surface area contributed by atoms with Crippen LogP contribution in [0.25, 0.3) is 6.08 Å². The molecule has 0 spiro atoms. The van der Waals surface area contributed by atoms with Gasteiger partial charge in [-0.2, -0.15) is 29.1 Å². The van der Waals surface area contributed by atoms with Crippen molar-refractivity contribution in [3.63, 3.8) is 0 Å². The van der Waals surface area contributed by atoms with E-state index in [2.05, 4.69) is 17.2 Å². The molecule has 0 bridgehead atoms. The van der Waals surface area contributed by atoms with Gasteiger partial charge < -0.3 is 10.0 Å². The van der Waals surface area contributed by atoms with E-state index in [1.54, 1.807) is 24.3 Å². The lowest BCUT2D eigenvalue weighted by Gasteiger charge is -2.22. The zero-order chi connectivity index (χ0) is 25.6. The third-order valence-electron chi connectivity index (χ3n) is 5.02. The quantitative estimate of drug-likeness (QED) is 0.392. The molecule has 0 saturated carbocycles. The molecule has 35 heavy (non-hydrogen) atoms. The zero-order valence-corrected chi connectivity index (χ0v) is 19.0. The topological polar surface area (TPSA) is 175 Å². The maximum absolute atomic E-state index is 13.0. The fourth-order valence-corrected chi connectivity index (χ4v) is 3.81. The van der Waals surface area contributed by atoms with Crippen molar-refractivity contribution in [2.24, 2.45) is 5.10 Å². The third-order valence-corrected chi connectivity index (χ3v) is 5.88. The molecule has 1 aliphatic rings. The zero-order valence-electron chi connectivity index (χ0n) is 18.2. The van der Waals surface area contributed by atoms with Crippen molar-refractivity contribution in [1.29, 1.82) is 10.5 Å². The molecule has 2 N–H and O–H groups in total. The van der Waals surface area contributed by atoms with Crippen LogP contribution in [0.5, 0.6) is 0 Å². The van der Waals surface area contributed by atoms with Crippen LogP contribution in [-0.4, -0.2) is 48.8 Å². The number of benzene rings is 2. The second kappa shape index (κ2) is 10.6. The number of hydrogen-bond acceptors (Lipinski definition) is 8. The van der Waals surface area contributed by atoms with Gasteiger partial charge in [0.25, 0.3) is 16.0 Å². The van der Waals surface area contributed by atoms with E-state index in [1.807, 2.05) is 4.90 Å². The van der Waals surface area contributed by atoms with Gasteiger partial charge in [0.1, 0.15) is 0 Å². The normalized spacial score (nSPS) is 14.4. The van der Waals surface area contributed by atoms with Gasteiger partial charge in [0, 0.05) is 18.8 Å². The van der Waals surface area contributed by atoms with Gasteiger partial charge in [-0.05, 0) is 48.0 Å². The lowest BCUT2D eigenvalue weighted by atomic mass is 10.1. The summed E-state index contributed by atoms with van der Waals surface area (Å²) in [7, 11) is -4.43. The molecule has 0 aliphatic carbocycles. The SMILES string of the molecule is N#CCCN(CCC#N)c1ccc(/C=C2\C(=O)N(c3ccc(S(=O)(=O)O)cc3)N=C2C(=O)O)cc1. The van der Waals surface area contributed by atoms with Gasteiger partial charge in [-0.15, -0.1) is 0 Å². The van der Waals surface area contributed by atoms with Crippen molar-refractivity contribution < 1.29 is 27.7 Å². The number of rotatable bonds is 9. The van der Waals surface area contributed by atoms with Crippen LogP contribution in [0, 0.1) is 22.7 Å². The maximum atomic E-state index is 13.0. The summed E-state index contributed by atoms with van der Waals surface area (Å²) < 4.78 is 31.6. The molecule has 2 aromatic rings. The number of carboxylic acid groups (broad SMARTS) is 1. The molecule has 1 heterocycles. The third kappa shape index (κ3) is 5.89. The number of nitrogens with zero attached hydrogens (tertiary/aromatic N) is 5. The summed E-state index contributed by atoms with van der Waals surface area (Å²) in [4.78, 5) is 26.2. The van der Waals surface area contributed by atoms with Crippen LogP contribution in [0.15, 0.2) is 64.1 Å². The van der Waals surface area contributed by atoms with E-state index in [4.69, 9.17) is 15.1 Å². The van der Waals surface area contributed by atoms with Crippen LogP contribution in [-0.2, 0) is 19.7 Å². The monoisotopic (exact) mass is 493 g/mol. The van der Waals surface area contributed by atoms with Gasteiger partial charge in [-0.25, -0.2) is 4.79 Å². The molecule has 11 nitrogen and oxygen atoms in total. The predicted molar refractivity (Wildman–Crippen MR) is 126 cm³/mol. The van der Waals surface area contributed by atoms with E-state index >= 15 is 0 Å². The van der Waals surface area contributed by atoms with Crippen LogP contribution in [0.4, 0.5) is 11.4 Å². The van der Waals surface area contributed by atoms with Crippen LogP contribution < -0.4 is 9.91 Å². The molecule has 0 radical (unpaired) electrons. The summed E-state index contributed by atoms with van der Waals surface area (Å²) in [5.41, 5.74) is 0.751. The number of carbonyl (C=O) groups is 2. The number of amides is 1. The Morgan fingerprint density at radius 3 is 2.09 bits per heavy atom. The minimum absolute atomic E-state index is 0.116. The molecular weight excluding hydrogens is 474 g/mol. The molecule has 1 amide bonds. The van der Waals surface area contributed by atoms with Crippen LogP contribution in [0.2, 0.25) is 0 Å². The first-order chi connectivity index (χ1) is 16.7. The first-order valence-corrected chi connectivity index (χ1v) is 11.6. The van der Waals surface area contributed by atoms with E-state index in [-0.39, 0.29) is 29.0 Å². The molecule has 0 atom stereocenters.